The van der Waals surface area contributed by atoms with E-state index in [2.05, 4.69) is 4.98 Å². The van der Waals surface area contributed by atoms with Crippen LogP contribution in [-0.2, 0) is 11.8 Å². The Morgan fingerprint density at radius 2 is 1.56 bits per heavy atom. The van der Waals surface area contributed by atoms with E-state index in [-0.39, 0.29) is 0 Å². The molecule has 2 aromatic carbocycles. The van der Waals surface area contributed by atoms with Crippen LogP contribution in [-0.4, -0.2) is 15.5 Å². The van der Waals surface area contributed by atoms with Gasteiger partial charge in [0.05, 0.1) is 5.56 Å². The highest BCUT2D eigenvalue weighted by Crippen LogP contribution is 2.23. The van der Waals surface area contributed by atoms with E-state index < -0.39 is 5.97 Å². The lowest BCUT2D eigenvalue weighted by molar-refractivity contribution is 0.0693. The summed E-state index contributed by atoms with van der Waals surface area (Å²) in [5.41, 5.74) is 1.12. The Labute approximate surface area is 155 Å². The Morgan fingerprint density at radius 3 is 2.08 bits per heavy atom. The largest absolute Gasteiger partial charge is 0.422 e. The second kappa shape index (κ2) is 7.55. The molecule has 0 radical (unpaired) electrons. The number of hydrogen-bond donors (Lipinski definition) is 0. The molecule has 3 rings (SSSR count). The zero-order valence-electron chi connectivity index (χ0n) is 13.3. The molecule has 25 heavy (non-hydrogen) atoms. The first-order valence-corrected chi connectivity index (χ1v) is 8.21. The van der Waals surface area contributed by atoms with Gasteiger partial charge in [0.15, 0.2) is 0 Å². The van der Waals surface area contributed by atoms with Crippen LogP contribution in [0.4, 0.5) is 0 Å². The summed E-state index contributed by atoms with van der Waals surface area (Å²) in [5.74, 6) is 0.562. The molecule has 0 N–H and O–H groups in total. The molecular formula is C19H14Cl2N2O2. The van der Waals surface area contributed by atoms with Gasteiger partial charge in [-0.2, -0.15) is 0 Å². The van der Waals surface area contributed by atoms with Crippen LogP contribution in [0.3, 0.4) is 0 Å². The van der Waals surface area contributed by atoms with Crippen molar-refractivity contribution in [2.75, 3.05) is 0 Å². The van der Waals surface area contributed by atoms with Crippen LogP contribution in [0.5, 0.6) is 0 Å². The van der Waals surface area contributed by atoms with E-state index in [1.54, 1.807) is 60.8 Å². The molecule has 6 heteroatoms. The van der Waals surface area contributed by atoms with Gasteiger partial charge in [-0.1, -0.05) is 23.2 Å². The van der Waals surface area contributed by atoms with Crippen molar-refractivity contribution in [1.29, 1.82) is 0 Å². The highest BCUT2D eigenvalue weighted by Gasteiger charge is 2.13. The lowest BCUT2D eigenvalue weighted by Crippen LogP contribution is -2.05. The second-order valence-corrected chi connectivity index (χ2v) is 6.18. The molecular weight excluding hydrogens is 359 g/mol. The Bertz CT molecular complexity index is 913. The number of carbonyl (C=O) groups is 1. The van der Waals surface area contributed by atoms with Crippen LogP contribution in [0.25, 0.3) is 11.8 Å². The van der Waals surface area contributed by atoms with Crippen molar-refractivity contribution in [2.24, 2.45) is 7.05 Å². The number of aromatic nitrogens is 2. The van der Waals surface area contributed by atoms with E-state index in [9.17, 15) is 4.79 Å². The fourth-order valence-electron chi connectivity index (χ4n) is 2.16. The van der Waals surface area contributed by atoms with E-state index >= 15 is 0 Å². The standard InChI is InChI=1S/C19H14Cl2N2O2/c1-23-11-10-22-18(23)12-17(13-2-6-15(20)7-3-13)25-19(24)14-4-8-16(21)9-5-14/h2-12H,1H3/b17-12+. The van der Waals surface area contributed by atoms with Gasteiger partial charge in [0.1, 0.15) is 11.6 Å². The molecule has 0 bridgehead atoms. The number of imidazole rings is 1. The summed E-state index contributed by atoms with van der Waals surface area (Å²) >= 11 is 11.8. The van der Waals surface area contributed by atoms with Crippen molar-refractivity contribution < 1.29 is 9.53 Å². The molecule has 0 saturated heterocycles. The highest BCUT2D eigenvalue weighted by atomic mass is 35.5. The van der Waals surface area contributed by atoms with E-state index in [1.807, 2.05) is 17.8 Å². The van der Waals surface area contributed by atoms with Crippen LogP contribution in [0.1, 0.15) is 21.7 Å². The van der Waals surface area contributed by atoms with Crippen LogP contribution in [0.15, 0.2) is 60.9 Å². The zero-order valence-corrected chi connectivity index (χ0v) is 14.8. The van der Waals surface area contributed by atoms with Gasteiger partial charge in [0.25, 0.3) is 0 Å². The normalized spacial score (nSPS) is 11.4. The maximum Gasteiger partial charge on any atom is 0.343 e. The molecule has 0 unspecified atom stereocenters. The number of esters is 1. The molecule has 0 atom stereocenters. The van der Waals surface area contributed by atoms with Crippen molar-refractivity contribution >= 4 is 41.0 Å². The van der Waals surface area contributed by atoms with Crippen molar-refractivity contribution in [1.82, 2.24) is 9.55 Å². The predicted octanol–water partition coefficient (Wildman–Crippen LogP) is 5.08. The fourth-order valence-corrected chi connectivity index (χ4v) is 2.42. The minimum absolute atomic E-state index is 0.380. The summed E-state index contributed by atoms with van der Waals surface area (Å²) in [6.07, 6.45) is 5.19. The Morgan fingerprint density at radius 1 is 1.00 bits per heavy atom. The number of carbonyl (C=O) groups excluding carboxylic acids is 1. The summed E-state index contributed by atoms with van der Waals surface area (Å²) in [6, 6.07) is 13.6. The van der Waals surface area contributed by atoms with Gasteiger partial charge in [-0.05, 0) is 48.5 Å². The van der Waals surface area contributed by atoms with Gasteiger partial charge in [-0.3, -0.25) is 0 Å². The number of nitrogens with zero attached hydrogens (tertiary/aromatic N) is 2. The minimum atomic E-state index is -0.480. The fraction of sp³-hybridized carbons (Fsp3) is 0.0526. The monoisotopic (exact) mass is 372 g/mol. The number of halogens is 2. The van der Waals surface area contributed by atoms with Gasteiger partial charge < -0.3 is 9.30 Å². The summed E-state index contributed by atoms with van der Waals surface area (Å²) < 4.78 is 7.44. The first-order valence-electron chi connectivity index (χ1n) is 7.45. The molecule has 126 valence electrons. The number of aryl methyl sites for hydroxylation is 1. The van der Waals surface area contributed by atoms with Crippen molar-refractivity contribution in [3.05, 3.63) is 87.9 Å². The molecule has 0 spiro atoms. The van der Waals surface area contributed by atoms with Crippen molar-refractivity contribution in [3.63, 3.8) is 0 Å². The molecule has 4 nitrogen and oxygen atoms in total. The van der Waals surface area contributed by atoms with E-state index in [1.165, 1.54) is 0 Å². The van der Waals surface area contributed by atoms with Crippen LogP contribution >= 0.6 is 23.2 Å². The molecule has 0 aliphatic rings. The highest BCUT2D eigenvalue weighted by molar-refractivity contribution is 6.31. The maximum atomic E-state index is 12.5. The topological polar surface area (TPSA) is 44.1 Å². The molecule has 0 saturated carbocycles. The van der Waals surface area contributed by atoms with Gasteiger partial charge in [0, 0.05) is 41.1 Å². The lowest BCUT2D eigenvalue weighted by atomic mass is 10.1. The zero-order chi connectivity index (χ0) is 17.8. The molecule has 0 aliphatic carbocycles. The third-order valence-electron chi connectivity index (χ3n) is 3.53. The molecule has 3 aromatic rings. The summed E-state index contributed by atoms with van der Waals surface area (Å²) in [4.78, 5) is 16.7. The molecule has 1 heterocycles. The maximum absolute atomic E-state index is 12.5. The number of benzene rings is 2. The molecule has 1 aromatic heterocycles. The van der Waals surface area contributed by atoms with Crippen molar-refractivity contribution in [2.45, 2.75) is 0 Å². The van der Waals surface area contributed by atoms with Crippen molar-refractivity contribution in [3.8, 4) is 0 Å². The van der Waals surface area contributed by atoms with Gasteiger partial charge >= 0.3 is 5.97 Å². The minimum Gasteiger partial charge on any atom is -0.422 e. The average molecular weight is 373 g/mol. The predicted molar refractivity (Wildman–Crippen MR) is 99.4 cm³/mol. The quantitative estimate of drug-likeness (QED) is 0.473. The van der Waals surface area contributed by atoms with E-state index in [0.29, 0.717) is 27.2 Å². The molecule has 0 fully saturated rings. The third-order valence-corrected chi connectivity index (χ3v) is 4.03. The van der Waals surface area contributed by atoms with Gasteiger partial charge in [-0.15, -0.1) is 0 Å². The first kappa shape index (κ1) is 17.3. The first-order chi connectivity index (χ1) is 12.0. The summed E-state index contributed by atoms with van der Waals surface area (Å²) in [6.45, 7) is 0. The third kappa shape index (κ3) is 4.29. The number of rotatable bonds is 4. The second-order valence-electron chi connectivity index (χ2n) is 5.31. The smallest absolute Gasteiger partial charge is 0.343 e. The summed E-state index contributed by atoms with van der Waals surface area (Å²) in [5, 5.41) is 1.15. The Kier molecular flexibility index (Phi) is 5.22. The number of hydrogen-bond acceptors (Lipinski definition) is 3. The van der Waals surface area contributed by atoms with Crippen LogP contribution in [0.2, 0.25) is 10.0 Å². The van der Waals surface area contributed by atoms with Gasteiger partial charge in [-0.25, -0.2) is 9.78 Å². The Balaban J connectivity index is 1.95. The van der Waals surface area contributed by atoms with E-state index in [0.717, 1.165) is 5.56 Å². The molecule has 0 aliphatic heterocycles. The number of ether oxygens (including phenoxy) is 1. The lowest BCUT2D eigenvalue weighted by Gasteiger charge is -2.10. The molecule has 0 amide bonds. The average Bonchev–Trinajstić information content (AvgIpc) is 3.00. The Hall–Kier alpha value is -2.56. The summed E-state index contributed by atoms with van der Waals surface area (Å²) in [7, 11) is 1.86. The van der Waals surface area contributed by atoms with Crippen LogP contribution in [0, 0.1) is 0 Å². The van der Waals surface area contributed by atoms with Gasteiger partial charge in [0.2, 0.25) is 0 Å². The van der Waals surface area contributed by atoms with E-state index in [4.69, 9.17) is 27.9 Å². The van der Waals surface area contributed by atoms with Crippen LogP contribution < -0.4 is 0 Å². The SMILES string of the molecule is Cn1ccnc1/C=C(/OC(=O)c1ccc(Cl)cc1)c1ccc(Cl)cc1.